The molecule has 6 nitrogen and oxygen atoms in total. The minimum Gasteiger partial charge on any atom is -0.507 e. The van der Waals surface area contributed by atoms with Crippen LogP contribution in [0.15, 0.2) is 36.4 Å². The van der Waals surface area contributed by atoms with Gasteiger partial charge in [0.2, 0.25) is 0 Å². The van der Waals surface area contributed by atoms with E-state index in [9.17, 15) is 14.7 Å². The van der Waals surface area contributed by atoms with Crippen molar-refractivity contribution in [3.63, 3.8) is 0 Å². The summed E-state index contributed by atoms with van der Waals surface area (Å²) in [6, 6.07) is 9.63. The first-order chi connectivity index (χ1) is 12.5. The number of phenols is 1. The highest BCUT2D eigenvalue weighted by Crippen LogP contribution is 2.35. The lowest BCUT2D eigenvalue weighted by Gasteiger charge is -2.24. The largest absolute Gasteiger partial charge is 0.507 e. The van der Waals surface area contributed by atoms with E-state index in [2.05, 4.69) is 5.32 Å². The maximum Gasteiger partial charge on any atom is 0.198 e. The molecular formula is C20H21NO5. The number of carbonyl (C=O) groups is 2. The summed E-state index contributed by atoms with van der Waals surface area (Å²) in [5, 5.41) is 13.5. The molecular weight excluding hydrogens is 334 g/mol. The van der Waals surface area contributed by atoms with E-state index in [4.69, 9.17) is 9.47 Å². The number of nitrogens with one attached hydrogen (secondary N) is 1. The predicted octanol–water partition coefficient (Wildman–Crippen LogP) is 3.32. The van der Waals surface area contributed by atoms with Gasteiger partial charge in [-0.1, -0.05) is 31.2 Å². The fraction of sp³-hybridized carbons (Fsp3) is 0.300. The molecule has 2 aromatic rings. The van der Waals surface area contributed by atoms with E-state index in [1.807, 2.05) is 6.92 Å². The van der Waals surface area contributed by atoms with Crippen molar-refractivity contribution in [2.24, 2.45) is 0 Å². The van der Waals surface area contributed by atoms with E-state index >= 15 is 0 Å². The zero-order valence-corrected chi connectivity index (χ0v) is 14.9. The minimum absolute atomic E-state index is 0.0403. The highest BCUT2D eigenvalue weighted by atomic mass is 16.7. The van der Waals surface area contributed by atoms with Crippen molar-refractivity contribution in [2.45, 2.75) is 32.8 Å². The van der Waals surface area contributed by atoms with Crippen molar-refractivity contribution in [1.29, 1.82) is 0 Å². The first kappa shape index (κ1) is 18.1. The standard InChI is InChI=1S/C20H21NO5/c1-4-17(26-11(2)25-3)21-12-9-15-18(16(22)10-12)20(24)14-8-6-5-7-13(14)19(15)23/h5-11,17,21-22H,4H2,1-3H3. The Morgan fingerprint density at radius 3 is 2.35 bits per heavy atom. The van der Waals surface area contributed by atoms with Gasteiger partial charge in [-0.2, -0.15) is 0 Å². The zero-order chi connectivity index (χ0) is 18.8. The van der Waals surface area contributed by atoms with Gasteiger partial charge in [0, 0.05) is 35.6 Å². The number of fused-ring (bicyclic) bond motifs is 2. The lowest BCUT2D eigenvalue weighted by atomic mass is 9.83. The average Bonchev–Trinajstić information content (AvgIpc) is 2.65. The second kappa shape index (κ2) is 7.27. The maximum absolute atomic E-state index is 12.8. The van der Waals surface area contributed by atoms with Crippen LogP contribution in [-0.4, -0.2) is 36.3 Å². The summed E-state index contributed by atoms with van der Waals surface area (Å²) in [5.41, 5.74) is 1.38. The molecule has 2 atom stereocenters. The molecule has 0 bridgehead atoms. The molecule has 1 aliphatic rings. The van der Waals surface area contributed by atoms with Crippen LogP contribution in [0.4, 0.5) is 5.69 Å². The number of ketones is 2. The molecule has 0 spiro atoms. The molecule has 0 amide bonds. The van der Waals surface area contributed by atoms with Crippen molar-refractivity contribution >= 4 is 17.3 Å². The number of aromatic hydroxyl groups is 1. The van der Waals surface area contributed by atoms with Crippen molar-refractivity contribution in [2.75, 3.05) is 12.4 Å². The molecule has 3 rings (SSSR count). The summed E-state index contributed by atoms with van der Waals surface area (Å²) in [7, 11) is 1.55. The third-order valence-corrected chi connectivity index (χ3v) is 4.39. The Kier molecular flexibility index (Phi) is 5.06. The van der Waals surface area contributed by atoms with E-state index in [0.717, 1.165) is 0 Å². The Morgan fingerprint density at radius 1 is 1.08 bits per heavy atom. The van der Waals surface area contributed by atoms with Gasteiger partial charge in [0.1, 0.15) is 12.0 Å². The number of anilines is 1. The fourth-order valence-electron chi connectivity index (χ4n) is 2.99. The zero-order valence-electron chi connectivity index (χ0n) is 14.9. The van der Waals surface area contributed by atoms with Crippen molar-refractivity contribution < 1.29 is 24.2 Å². The Hall–Kier alpha value is -2.70. The summed E-state index contributed by atoms with van der Waals surface area (Å²) < 4.78 is 10.8. The first-order valence-corrected chi connectivity index (χ1v) is 8.46. The monoisotopic (exact) mass is 355 g/mol. The van der Waals surface area contributed by atoms with Crippen molar-refractivity contribution in [3.8, 4) is 5.75 Å². The Labute approximate surface area is 151 Å². The van der Waals surface area contributed by atoms with Crippen LogP contribution >= 0.6 is 0 Å². The highest BCUT2D eigenvalue weighted by molar-refractivity contribution is 6.29. The second-order valence-corrected chi connectivity index (χ2v) is 6.10. The van der Waals surface area contributed by atoms with Gasteiger partial charge < -0.3 is 19.9 Å². The summed E-state index contributed by atoms with van der Waals surface area (Å²) in [6.45, 7) is 3.71. The minimum atomic E-state index is -0.409. The lowest BCUT2D eigenvalue weighted by molar-refractivity contribution is -0.136. The van der Waals surface area contributed by atoms with E-state index in [0.29, 0.717) is 23.2 Å². The van der Waals surface area contributed by atoms with Gasteiger partial charge in [0.15, 0.2) is 17.9 Å². The summed E-state index contributed by atoms with van der Waals surface area (Å²) >= 11 is 0. The van der Waals surface area contributed by atoms with Gasteiger partial charge in [0.25, 0.3) is 0 Å². The van der Waals surface area contributed by atoms with Gasteiger partial charge in [0.05, 0.1) is 5.56 Å². The quantitative estimate of drug-likeness (QED) is 0.660. The Morgan fingerprint density at radius 2 is 1.73 bits per heavy atom. The molecule has 136 valence electrons. The van der Waals surface area contributed by atoms with Crippen LogP contribution in [-0.2, 0) is 9.47 Å². The molecule has 1 aliphatic carbocycles. The average molecular weight is 355 g/mol. The molecule has 0 aliphatic heterocycles. The molecule has 2 N–H and O–H groups in total. The van der Waals surface area contributed by atoms with Crippen molar-refractivity contribution in [1.82, 2.24) is 0 Å². The molecule has 2 unspecified atom stereocenters. The molecule has 0 aromatic heterocycles. The van der Waals surface area contributed by atoms with Crippen LogP contribution in [0.3, 0.4) is 0 Å². The maximum atomic E-state index is 12.8. The number of carbonyl (C=O) groups excluding carboxylic acids is 2. The van der Waals surface area contributed by atoms with Gasteiger partial charge >= 0.3 is 0 Å². The molecule has 0 fully saturated rings. The topological polar surface area (TPSA) is 84.9 Å². The van der Waals surface area contributed by atoms with Gasteiger partial charge in [-0.05, 0) is 19.4 Å². The summed E-state index contributed by atoms with van der Waals surface area (Å²) in [5.74, 6) is -0.864. The van der Waals surface area contributed by atoms with Gasteiger partial charge in [-0.15, -0.1) is 0 Å². The van der Waals surface area contributed by atoms with E-state index in [-0.39, 0.29) is 34.7 Å². The number of ether oxygens (including phenoxy) is 2. The molecule has 0 saturated heterocycles. The van der Waals surface area contributed by atoms with Crippen LogP contribution in [0.5, 0.6) is 5.75 Å². The van der Waals surface area contributed by atoms with Crippen LogP contribution in [0.2, 0.25) is 0 Å². The second-order valence-electron chi connectivity index (χ2n) is 6.10. The Balaban J connectivity index is 1.97. The van der Waals surface area contributed by atoms with E-state index in [1.165, 1.54) is 6.07 Å². The third-order valence-electron chi connectivity index (χ3n) is 4.39. The first-order valence-electron chi connectivity index (χ1n) is 8.46. The number of phenolic OH excluding ortho intramolecular Hbond substituents is 1. The summed E-state index contributed by atoms with van der Waals surface area (Å²) in [6.07, 6.45) is -0.140. The molecule has 2 aromatic carbocycles. The molecule has 0 radical (unpaired) electrons. The van der Waals surface area contributed by atoms with Crippen molar-refractivity contribution in [3.05, 3.63) is 58.7 Å². The SMILES string of the molecule is CCC(Nc1cc(O)c2c(c1)C(=O)c1ccccc1C2=O)OC(C)OC. The smallest absolute Gasteiger partial charge is 0.198 e. The molecule has 6 heteroatoms. The highest BCUT2D eigenvalue weighted by Gasteiger charge is 2.32. The summed E-state index contributed by atoms with van der Waals surface area (Å²) in [4.78, 5) is 25.5. The predicted molar refractivity (Wildman–Crippen MR) is 96.7 cm³/mol. The third kappa shape index (κ3) is 3.21. The van der Waals surface area contributed by atoms with Crippen LogP contribution in [0.25, 0.3) is 0 Å². The Bertz CT molecular complexity index is 861. The lowest BCUT2D eigenvalue weighted by Crippen LogP contribution is -2.28. The number of rotatable bonds is 6. The molecule has 0 heterocycles. The van der Waals surface area contributed by atoms with Crippen LogP contribution in [0.1, 0.15) is 52.1 Å². The van der Waals surface area contributed by atoms with E-state index in [1.54, 1.807) is 44.4 Å². The van der Waals surface area contributed by atoms with E-state index < -0.39 is 6.29 Å². The number of hydrogen-bond acceptors (Lipinski definition) is 6. The molecule has 0 saturated carbocycles. The number of hydrogen-bond donors (Lipinski definition) is 2. The number of benzene rings is 2. The van der Waals surface area contributed by atoms with Crippen LogP contribution < -0.4 is 5.32 Å². The molecule has 26 heavy (non-hydrogen) atoms. The van der Waals surface area contributed by atoms with Crippen LogP contribution in [0, 0.1) is 0 Å². The van der Waals surface area contributed by atoms with Gasteiger partial charge in [-0.25, -0.2) is 0 Å². The normalized spacial score (nSPS) is 15.2. The number of methoxy groups -OCH3 is 1. The van der Waals surface area contributed by atoms with Gasteiger partial charge in [-0.3, -0.25) is 9.59 Å². The fourth-order valence-corrected chi connectivity index (χ4v) is 2.99.